The highest BCUT2D eigenvalue weighted by Gasteiger charge is 2.38. The molecule has 156 valence electrons. The Kier molecular flexibility index (Phi) is 7.27. The standard InChI is InChI=1S/C20H30N4O3.CH4/c1-13(2)6-9-24-14(3)4-5-15-12-23(8-7-17(15)24)18(25)10-16-11-21-20(27)22-19(16)26;/h11,13,15,17H,3-10,12H2,1-2H3,(H2,21,22,26,27);1H4/t15-,17+;/m0./s1. The second-order valence-corrected chi connectivity index (χ2v) is 8.21. The summed E-state index contributed by atoms with van der Waals surface area (Å²) in [5.41, 5.74) is 0.491. The highest BCUT2D eigenvalue weighted by molar-refractivity contribution is 5.78. The van der Waals surface area contributed by atoms with E-state index < -0.39 is 11.2 Å². The average Bonchev–Trinajstić information content (AvgIpc) is 2.62. The number of rotatable bonds is 5. The van der Waals surface area contributed by atoms with Gasteiger partial charge in [0.05, 0.1) is 6.42 Å². The number of piperidine rings is 2. The van der Waals surface area contributed by atoms with Crippen LogP contribution in [0.2, 0.25) is 0 Å². The van der Waals surface area contributed by atoms with Crippen LogP contribution in [0.4, 0.5) is 0 Å². The van der Waals surface area contributed by atoms with Crippen LogP contribution < -0.4 is 11.2 Å². The monoisotopic (exact) mass is 390 g/mol. The molecule has 3 rings (SSSR count). The van der Waals surface area contributed by atoms with Gasteiger partial charge in [-0.25, -0.2) is 4.79 Å². The van der Waals surface area contributed by atoms with Crippen molar-refractivity contribution in [2.24, 2.45) is 11.8 Å². The van der Waals surface area contributed by atoms with Crippen molar-refractivity contribution in [3.8, 4) is 0 Å². The van der Waals surface area contributed by atoms with E-state index in [0.717, 1.165) is 38.8 Å². The van der Waals surface area contributed by atoms with Gasteiger partial charge in [0, 0.05) is 43.1 Å². The Morgan fingerprint density at radius 1 is 1.32 bits per heavy atom. The highest BCUT2D eigenvalue weighted by atomic mass is 16.2. The fourth-order valence-corrected chi connectivity index (χ4v) is 4.24. The van der Waals surface area contributed by atoms with E-state index in [4.69, 9.17) is 0 Å². The Morgan fingerprint density at radius 2 is 2.07 bits per heavy atom. The van der Waals surface area contributed by atoms with Gasteiger partial charge in [-0.3, -0.25) is 14.6 Å². The molecule has 1 amide bonds. The number of nitrogens with one attached hydrogen (secondary N) is 2. The van der Waals surface area contributed by atoms with Crippen molar-refractivity contribution in [1.82, 2.24) is 19.8 Å². The molecular weight excluding hydrogens is 356 g/mol. The maximum absolute atomic E-state index is 12.7. The SMILES string of the molecule is C.C=C1CC[C@H]2CN(C(=O)Cc3c[nH]c(=O)[nH]c3=O)CC[C@H]2N1CCC(C)C. The minimum absolute atomic E-state index is 0. The maximum Gasteiger partial charge on any atom is 0.325 e. The molecule has 0 spiro atoms. The molecule has 0 saturated carbocycles. The van der Waals surface area contributed by atoms with Crippen LogP contribution in [0, 0.1) is 11.8 Å². The number of aromatic nitrogens is 2. The van der Waals surface area contributed by atoms with Crippen molar-refractivity contribution in [2.75, 3.05) is 19.6 Å². The van der Waals surface area contributed by atoms with Crippen LogP contribution in [0.5, 0.6) is 0 Å². The zero-order valence-electron chi connectivity index (χ0n) is 16.3. The summed E-state index contributed by atoms with van der Waals surface area (Å²) in [5.74, 6) is 1.06. The van der Waals surface area contributed by atoms with Crippen molar-refractivity contribution < 1.29 is 4.79 Å². The van der Waals surface area contributed by atoms with Gasteiger partial charge in [0.1, 0.15) is 0 Å². The van der Waals surface area contributed by atoms with Crippen LogP contribution in [0.1, 0.15) is 52.5 Å². The van der Waals surface area contributed by atoms with E-state index in [9.17, 15) is 14.4 Å². The summed E-state index contributed by atoms with van der Waals surface area (Å²) in [6.07, 6.45) is 5.50. The summed E-state index contributed by atoms with van der Waals surface area (Å²) in [4.78, 5) is 44.6. The third-order valence-corrected chi connectivity index (χ3v) is 5.84. The van der Waals surface area contributed by atoms with Gasteiger partial charge in [0.2, 0.25) is 5.91 Å². The third kappa shape index (κ3) is 4.94. The van der Waals surface area contributed by atoms with E-state index in [2.05, 4.69) is 35.3 Å². The largest absolute Gasteiger partial charge is 0.372 e. The molecule has 2 saturated heterocycles. The van der Waals surface area contributed by atoms with Crippen molar-refractivity contribution in [3.05, 3.63) is 44.9 Å². The normalized spacial score (nSPS) is 22.0. The quantitative estimate of drug-likeness (QED) is 0.806. The first kappa shape index (κ1) is 22.0. The number of amides is 1. The molecule has 2 atom stereocenters. The summed E-state index contributed by atoms with van der Waals surface area (Å²) in [6.45, 7) is 11.2. The Hall–Kier alpha value is -2.31. The van der Waals surface area contributed by atoms with Crippen molar-refractivity contribution in [2.45, 2.75) is 59.4 Å². The van der Waals surface area contributed by atoms with Crippen LogP contribution in [-0.4, -0.2) is 51.4 Å². The number of nitrogens with zero attached hydrogens (tertiary/aromatic N) is 2. The highest BCUT2D eigenvalue weighted by Crippen LogP contribution is 2.35. The van der Waals surface area contributed by atoms with Gasteiger partial charge in [-0.15, -0.1) is 0 Å². The number of hydrogen-bond acceptors (Lipinski definition) is 4. The number of hydrogen-bond donors (Lipinski definition) is 2. The fraction of sp³-hybridized carbons (Fsp3) is 0.667. The Labute approximate surface area is 166 Å². The number of carbonyl (C=O) groups is 1. The van der Waals surface area contributed by atoms with Crippen LogP contribution in [0.3, 0.4) is 0 Å². The summed E-state index contributed by atoms with van der Waals surface area (Å²) < 4.78 is 0. The lowest BCUT2D eigenvalue weighted by atomic mass is 9.82. The molecule has 0 aromatic carbocycles. The lowest BCUT2D eigenvalue weighted by Crippen LogP contribution is -2.54. The number of allylic oxidation sites excluding steroid dienone is 1. The molecule has 0 bridgehead atoms. The average molecular weight is 391 g/mol. The lowest BCUT2D eigenvalue weighted by Gasteiger charge is -2.49. The van der Waals surface area contributed by atoms with Crippen molar-refractivity contribution >= 4 is 5.91 Å². The van der Waals surface area contributed by atoms with E-state index in [1.54, 1.807) is 0 Å². The van der Waals surface area contributed by atoms with E-state index in [1.165, 1.54) is 11.9 Å². The van der Waals surface area contributed by atoms with Gasteiger partial charge in [-0.2, -0.15) is 0 Å². The van der Waals surface area contributed by atoms with Gasteiger partial charge in [0.15, 0.2) is 0 Å². The minimum atomic E-state index is -0.555. The zero-order valence-corrected chi connectivity index (χ0v) is 16.3. The second-order valence-electron chi connectivity index (χ2n) is 8.21. The van der Waals surface area contributed by atoms with E-state index in [-0.39, 0.29) is 19.8 Å². The van der Waals surface area contributed by atoms with Gasteiger partial charge in [-0.05, 0) is 37.5 Å². The summed E-state index contributed by atoms with van der Waals surface area (Å²) in [5, 5.41) is 0. The molecule has 1 aromatic heterocycles. The van der Waals surface area contributed by atoms with E-state index in [1.807, 2.05) is 4.90 Å². The van der Waals surface area contributed by atoms with Gasteiger partial charge >= 0.3 is 5.69 Å². The van der Waals surface area contributed by atoms with Gasteiger partial charge < -0.3 is 14.8 Å². The predicted octanol–water partition coefficient (Wildman–Crippen LogP) is 2.11. The molecule has 2 N–H and O–H groups in total. The van der Waals surface area contributed by atoms with Crippen molar-refractivity contribution in [1.29, 1.82) is 0 Å². The molecule has 7 nitrogen and oxygen atoms in total. The van der Waals surface area contributed by atoms with Crippen molar-refractivity contribution in [3.63, 3.8) is 0 Å². The zero-order chi connectivity index (χ0) is 19.6. The molecule has 1 aromatic rings. The number of fused-ring (bicyclic) bond motifs is 1. The molecule has 7 heteroatoms. The minimum Gasteiger partial charge on any atom is -0.372 e. The molecular formula is C21H34N4O3. The Morgan fingerprint density at radius 3 is 2.75 bits per heavy atom. The molecule has 2 fully saturated rings. The summed E-state index contributed by atoms with van der Waals surface area (Å²) in [7, 11) is 0. The smallest absolute Gasteiger partial charge is 0.325 e. The molecule has 2 aliphatic heterocycles. The first-order valence-electron chi connectivity index (χ1n) is 9.88. The number of carbonyl (C=O) groups excluding carboxylic acids is 1. The van der Waals surface area contributed by atoms with Crippen LogP contribution in [0.15, 0.2) is 28.1 Å². The van der Waals surface area contributed by atoms with Crippen LogP contribution in [0.25, 0.3) is 0 Å². The van der Waals surface area contributed by atoms with E-state index >= 15 is 0 Å². The van der Waals surface area contributed by atoms with Crippen LogP contribution in [-0.2, 0) is 11.2 Å². The molecule has 0 unspecified atom stereocenters. The molecule has 2 aliphatic rings. The second kappa shape index (κ2) is 9.26. The van der Waals surface area contributed by atoms with Gasteiger partial charge in [0.25, 0.3) is 5.56 Å². The number of aromatic amines is 2. The molecule has 0 radical (unpaired) electrons. The van der Waals surface area contributed by atoms with Crippen LogP contribution >= 0.6 is 0 Å². The molecule has 0 aliphatic carbocycles. The number of H-pyrrole nitrogens is 2. The number of likely N-dealkylation sites (tertiary alicyclic amines) is 2. The predicted molar refractivity (Wildman–Crippen MR) is 111 cm³/mol. The Bertz CT molecular complexity index is 810. The fourth-order valence-electron chi connectivity index (χ4n) is 4.24. The third-order valence-electron chi connectivity index (χ3n) is 5.84. The summed E-state index contributed by atoms with van der Waals surface area (Å²) in [6, 6.07) is 0.463. The maximum atomic E-state index is 12.7. The van der Waals surface area contributed by atoms with Gasteiger partial charge in [-0.1, -0.05) is 27.9 Å². The van der Waals surface area contributed by atoms with E-state index in [0.29, 0.717) is 30.0 Å². The topological polar surface area (TPSA) is 89.3 Å². The summed E-state index contributed by atoms with van der Waals surface area (Å²) >= 11 is 0. The first-order chi connectivity index (χ1) is 12.8. The first-order valence-corrected chi connectivity index (χ1v) is 9.88. The lowest BCUT2D eigenvalue weighted by molar-refractivity contribution is -0.133. The Balaban J connectivity index is 0.00000280. The molecule has 3 heterocycles. The molecule has 28 heavy (non-hydrogen) atoms.